The molecule has 0 radical (unpaired) electrons. The number of aromatic amines is 1. The predicted octanol–water partition coefficient (Wildman–Crippen LogP) is 1.02. The maximum Gasteiger partial charge on any atom is 0.414 e. The molecule has 1 aliphatic heterocycles. The number of aromatic nitrogens is 2. The Hall–Kier alpha value is -2.57. The molecular weight excluding hydrogens is 260 g/mol. The summed E-state index contributed by atoms with van der Waals surface area (Å²) in [5, 5.41) is 10.4. The average molecular weight is 274 g/mol. The van der Waals surface area contributed by atoms with Crippen molar-refractivity contribution in [2.45, 2.75) is 13.0 Å². The minimum absolute atomic E-state index is 0.140. The Morgan fingerprint density at radius 2 is 2.45 bits per heavy atom. The van der Waals surface area contributed by atoms with E-state index in [9.17, 15) is 9.59 Å². The quantitative estimate of drug-likeness (QED) is 0.875. The van der Waals surface area contributed by atoms with E-state index < -0.39 is 6.09 Å². The number of H-pyrrole nitrogens is 1. The summed E-state index contributed by atoms with van der Waals surface area (Å²) in [6.07, 6.45) is 0.976. The number of nitrogens with zero attached hydrogens (tertiary/aromatic N) is 2. The zero-order chi connectivity index (χ0) is 14.1. The summed E-state index contributed by atoms with van der Waals surface area (Å²) < 4.78 is 5.22. The highest BCUT2D eigenvalue weighted by atomic mass is 16.6. The van der Waals surface area contributed by atoms with E-state index in [1.54, 1.807) is 11.1 Å². The van der Waals surface area contributed by atoms with Crippen molar-refractivity contribution in [3.8, 4) is 0 Å². The van der Waals surface area contributed by atoms with E-state index in [-0.39, 0.29) is 12.0 Å². The molecule has 2 heterocycles. The van der Waals surface area contributed by atoms with E-state index in [2.05, 4.69) is 15.5 Å². The average Bonchev–Trinajstić information content (AvgIpc) is 3.01. The number of hydrogen-bond acceptors (Lipinski definition) is 4. The van der Waals surface area contributed by atoms with Crippen LogP contribution in [0.15, 0.2) is 24.4 Å². The number of rotatable bonds is 3. The Labute approximate surface area is 114 Å². The van der Waals surface area contributed by atoms with Gasteiger partial charge in [0.25, 0.3) is 0 Å². The van der Waals surface area contributed by atoms with Gasteiger partial charge in [0.1, 0.15) is 6.10 Å². The molecule has 2 N–H and O–H groups in total. The molecular formula is C13H14N4O3. The lowest BCUT2D eigenvalue weighted by atomic mass is 10.2. The SMILES string of the molecule is CC(=O)NCC1CN(c2ccc3[nH]ncc3c2)C(=O)O1. The Bertz CT molecular complexity index is 666. The van der Waals surface area contributed by atoms with Crippen molar-refractivity contribution in [3.05, 3.63) is 24.4 Å². The molecule has 2 aromatic rings. The van der Waals surface area contributed by atoms with Crippen LogP contribution in [0.5, 0.6) is 0 Å². The molecule has 1 saturated heterocycles. The summed E-state index contributed by atoms with van der Waals surface area (Å²) in [7, 11) is 0. The number of anilines is 1. The molecule has 0 saturated carbocycles. The Morgan fingerprint density at radius 3 is 3.25 bits per heavy atom. The molecule has 0 bridgehead atoms. The van der Waals surface area contributed by atoms with Gasteiger partial charge in [-0.05, 0) is 18.2 Å². The van der Waals surface area contributed by atoms with Crippen LogP contribution >= 0.6 is 0 Å². The number of nitrogens with one attached hydrogen (secondary N) is 2. The van der Waals surface area contributed by atoms with Crippen molar-refractivity contribution in [1.82, 2.24) is 15.5 Å². The van der Waals surface area contributed by atoms with E-state index in [1.807, 2.05) is 18.2 Å². The molecule has 2 amide bonds. The summed E-state index contributed by atoms with van der Waals surface area (Å²) in [5.41, 5.74) is 1.67. The Morgan fingerprint density at radius 1 is 1.60 bits per heavy atom. The summed E-state index contributed by atoms with van der Waals surface area (Å²) in [4.78, 5) is 24.3. The first-order chi connectivity index (χ1) is 9.63. The van der Waals surface area contributed by atoms with Crippen LogP contribution in [0.3, 0.4) is 0 Å². The summed E-state index contributed by atoms with van der Waals surface area (Å²) in [6.45, 7) is 2.18. The molecule has 0 aliphatic carbocycles. The number of carbonyl (C=O) groups is 2. The lowest BCUT2D eigenvalue weighted by molar-refractivity contribution is -0.119. The Balaban J connectivity index is 1.76. The second-order valence-electron chi connectivity index (χ2n) is 4.70. The van der Waals surface area contributed by atoms with Gasteiger partial charge in [-0.2, -0.15) is 5.10 Å². The minimum Gasteiger partial charge on any atom is -0.442 e. The van der Waals surface area contributed by atoms with Crippen LogP contribution in [0.4, 0.5) is 10.5 Å². The number of carbonyl (C=O) groups excluding carboxylic acids is 2. The van der Waals surface area contributed by atoms with Crippen molar-refractivity contribution in [2.75, 3.05) is 18.0 Å². The van der Waals surface area contributed by atoms with Gasteiger partial charge in [0, 0.05) is 18.0 Å². The maximum absolute atomic E-state index is 11.9. The van der Waals surface area contributed by atoms with Crippen LogP contribution in [-0.4, -0.2) is 41.4 Å². The number of amides is 2. The molecule has 1 atom stereocenters. The van der Waals surface area contributed by atoms with Gasteiger partial charge in [0.15, 0.2) is 0 Å². The summed E-state index contributed by atoms with van der Waals surface area (Å²) in [6, 6.07) is 5.58. The lowest BCUT2D eigenvalue weighted by Gasteiger charge is -2.13. The van der Waals surface area contributed by atoms with Crippen LogP contribution in [0.2, 0.25) is 0 Å². The first-order valence-corrected chi connectivity index (χ1v) is 6.29. The molecule has 1 aromatic heterocycles. The van der Waals surface area contributed by atoms with Crippen molar-refractivity contribution in [2.24, 2.45) is 0 Å². The molecule has 3 rings (SSSR count). The van der Waals surface area contributed by atoms with E-state index in [4.69, 9.17) is 4.74 Å². The van der Waals surface area contributed by atoms with Gasteiger partial charge in [-0.1, -0.05) is 0 Å². The number of benzene rings is 1. The van der Waals surface area contributed by atoms with E-state index in [0.717, 1.165) is 16.6 Å². The van der Waals surface area contributed by atoms with Crippen molar-refractivity contribution < 1.29 is 14.3 Å². The predicted molar refractivity (Wildman–Crippen MR) is 72.4 cm³/mol. The van der Waals surface area contributed by atoms with Crippen LogP contribution in [0.1, 0.15) is 6.92 Å². The molecule has 1 aromatic carbocycles. The van der Waals surface area contributed by atoms with Gasteiger partial charge in [0.2, 0.25) is 5.91 Å². The first kappa shape index (κ1) is 12.5. The van der Waals surface area contributed by atoms with E-state index >= 15 is 0 Å². The molecule has 104 valence electrons. The van der Waals surface area contributed by atoms with Crippen LogP contribution in [0, 0.1) is 0 Å². The molecule has 1 aliphatic rings. The fourth-order valence-electron chi connectivity index (χ4n) is 2.19. The maximum atomic E-state index is 11.9. The molecule has 1 fully saturated rings. The highest BCUT2D eigenvalue weighted by Gasteiger charge is 2.32. The number of cyclic esters (lactones) is 1. The topological polar surface area (TPSA) is 87.3 Å². The Kier molecular flexibility index (Phi) is 3.02. The third-order valence-corrected chi connectivity index (χ3v) is 3.19. The molecule has 7 nitrogen and oxygen atoms in total. The molecule has 7 heteroatoms. The first-order valence-electron chi connectivity index (χ1n) is 6.29. The number of ether oxygens (including phenoxy) is 1. The standard InChI is InChI=1S/C13H14N4O3/c1-8(18)14-6-11-7-17(13(19)20-11)10-2-3-12-9(4-10)5-15-16-12/h2-5,11H,6-7H2,1H3,(H,14,18)(H,15,16). The van der Waals surface area contributed by atoms with E-state index in [0.29, 0.717) is 13.1 Å². The molecule has 0 spiro atoms. The van der Waals surface area contributed by atoms with Crippen molar-refractivity contribution in [3.63, 3.8) is 0 Å². The lowest BCUT2D eigenvalue weighted by Crippen LogP contribution is -2.33. The summed E-state index contributed by atoms with van der Waals surface area (Å²) in [5.74, 6) is -0.140. The van der Waals surface area contributed by atoms with Crippen LogP contribution in [-0.2, 0) is 9.53 Å². The van der Waals surface area contributed by atoms with Crippen molar-refractivity contribution >= 4 is 28.6 Å². The highest BCUT2D eigenvalue weighted by molar-refractivity contribution is 5.93. The second kappa shape index (κ2) is 4.84. The van der Waals surface area contributed by atoms with Gasteiger partial charge in [0.05, 0.1) is 24.8 Å². The van der Waals surface area contributed by atoms with Crippen molar-refractivity contribution in [1.29, 1.82) is 0 Å². The fourth-order valence-corrected chi connectivity index (χ4v) is 2.19. The normalized spacial score (nSPS) is 18.4. The van der Waals surface area contributed by atoms with Gasteiger partial charge in [-0.3, -0.25) is 14.8 Å². The van der Waals surface area contributed by atoms with E-state index in [1.165, 1.54) is 6.92 Å². The highest BCUT2D eigenvalue weighted by Crippen LogP contribution is 2.24. The molecule has 1 unspecified atom stereocenters. The van der Waals surface area contributed by atoms with Gasteiger partial charge in [-0.15, -0.1) is 0 Å². The zero-order valence-electron chi connectivity index (χ0n) is 10.9. The molecule has 20 heavy (non-hydrogen) atoms. The number of fused-ring (bicyclic) bond motifs is 1. The van der Waals surface area contributed by atoms with Gasteiger partial charge >= 0.3 is 6.09 Å². The van der Waals surface area contributed by atoms with Gasteiger partial charge in [-0.25, -0.2) is 4.79 Å². The fraction of sp³-hybridized carbons (Fsp3) is 0.308. The second-order valence-corrected chi connectivity index (χ2v) is 4.70. The van der Waals surface area contributed by atoms with Gasteiger partial charge < -0.3 is 10.1 Å². The third kappa shape index (κ3) is 2.29. The summed E-state index contributed by atoms with van der Waals surface area (Å²) >= 11 is 0. The monoisotopic (exact) mass is 274 g/mol. The zero-order valence-corrected chi connectivity index (χ0v) is 10.9. The largest absolute Gasteiger partial charge is 0.442 e. The van der Waals surface area contributed by atoms with Crippen LogP contribution < -0.4 is 10.2 Å². The number of hydrogen-bond donors (Lipinski definition) is 2. The van der Waals surface area contributed by atoms with Crippen LogP contribution in [0.25, 0.3) is 10.9 Å². The smallest absolute Gasteiger partial charge is 0.414 e. The third-order valence-electron chi connectivity index (χ3n) is 3.19. The minimum atomic E-state index is -0.400.